The molecule has 0 amide bonds. The highest BCUT2D eigenvalue weighted by molar-refractivity contribution is 4.89. The maximum absolute atomic E-state index is 5.59. The van der Waals surface area contributed by atoms with Gasteiger partial charge in [0.1, 0.15) is 0 Å². The van der Waals surface area contributed by atoms with E-state index in [2.05, 4.69) is 26.1 Å². The third-order valence-electron chi connectivity index (χ3n) is 4.64. The lowest BCUT2D eigenvalue weighted by atomic mass is 9.71. The molecule has 4 unspecified atom stereocenters. The first-order chi connectivity index (χ1) is 8.20. The Morgan fingerprint density at radius 2 is 1.82 bits per heavy atom. The minimum Gasteiger partial charge on any atom is -0.381 e. The van der Waals surface area contributed by atoms with Gasteiger partial charge < -0.3 is 10.1 Å². The molecule has 0 aromatic carbocycles. The maximum Gasteiger partial charge on any atom is 0.0510 e. The minimum atomic E-state index is 0.702. The molecule has 0 radical (unpaired) electrons. The van der Waals surface area contributed by atoms with Gasteiger partial charge in [0.2, 0.25) is 0 Å². The Morgan fingerprint density at radius 1 is 1.12 bits per heavy atom. The molecule has 1 aliphatic carbocycles. The summed E-state index contributed by atoms with van der Waals surface area (Å²) in [5.41, 5.74) is 0. The van der Waals surface area contributed by atoms with Crippen LogP contribution in [0, 0.1) is 23.7 Å². The highest BCUT2D eigenvalue weighted by atomic mass is 16.5. The number of hydrogen-bond donors (Lipinski definition) is 1. The number of hydrogen-bond acceptors (Lipinski definition) is 2. The number of rotatable bonds is 4. The van der Waals surface area contributed by atoms with Crippen molar-refractivity contribution in [2.75, 3.05) is 19.8 Å². The van der Waals surface area contributed by atoms with Gasteiger partial charge in [-0.25, -0.2) is 0 Å². The van der Waals surface area contributed by atoms with Crippen molar-refractivity contribution in [3.8, 4) is 0 Å². The summed E-state index contributed by atoms with van der Waals surface area (Å²) in [7, 11) is 0. The molecule has 100 valence electrons. The van der Waals surface area contributed by atoms with Crippen molar-refractivity contribution in [1.82, 2.24) is 5.32 Å². The molecule has 2 rings (SSSR count). The standard InChI is InChI=1S/C15H29NO/c1-4-16-15(13-5-6-17-10-13)14-8-11(2)7-12(3)9-14/h11-16H,4-10H2,1-3H3. The fourth-order valence-corrected chi connectivity index (χ4v) is 4.09. The van der Waals surface area contributed by atoms with Crippen LogP contribution in [-0.4, -0.2) is 25.8 Å². The number of ether oxygens (including phenoxy) is 1. The highest BCUT2D eigenvalue weighted by Gasteiger charge is 2.35. The van der Waals surface area contributed by atoms with Crippen LogP contribution < -0.4 is 5.32 Å². The van der Waals surface area contributed by atoms with Gasteiger partial charge in [-0.3, -0.25) is 0 Å². The van der Waals surface area contributed by atoms with Crippen LogP contribution in [0.5, 0.6) is 0 Å². The van der Waals surface area contributed by atoms with Crippen LogP contribution in [0.15, 0.2) is 0 Å². The maximum atomic E-state index is 5.59. The third kappa shape index (κ3) is 3.45. The summed E-state index contributed by atoms with van der Waals surface area (Å²) in [6.07, 6.45) is 5.52. The van der Waals surface area contributed by atoms with Crippen molar-refractivity contribution in [3.05, 3.63) is 0 Å². The normalized spacial score (nSPS) is 40.4. The highest BCUT2D eigenvalue weighted by Crippen LogP contribution is 2.37. The average molecular weight is 239 g/mol. The molecule has 1 heterocycles. The Balaban J connectivity index is 1.98. The van der Waals surface area contributed by atoms with Crippen LogP contribution in [0.2, 0.25) is 0 Å². The van der Waals surface area contributed by atoms with Crippen molar-refractivity contribution in [3.63, 3.8) is 0 Å². The lowest BCUT2D eigenvalue weighted by Crippen LogP contribution is -2.45. The summed E-state index contributed by atoms with van der Waals surface area (Å²) in [6.45, 7) is 10.1. The second-order valence-corrected chi connectivity index (χ2v) is 6.38. The van der Waals surface area contributed by atoms with E-state index in [-0.39, 0.29) is 0 Å². The molecule has 2 aliphatic rings. The van der Waals surface area contributed by atoms with Crippen molar-refractivity contribution in [2.24, 2.45) is 23.7 Å². The van der Waals surface area contributed by atoms with Gasteiger partial charge in [0.25, 0.3) is 0 Å². The molecular formula is C15H29NO. The third-order valence-corrected chi connectivity index (χ3v) is 4.64. The molecule has 0 bridgehead atoms. The van der Waals surface area contributed by atoms with E-state index in [0.717, 1.165) is 43.4 Å². The fourth-order valence-electron chi connectivity index (χ4n) is 4.09. The van der Waals surface area contributed by atoms with Crippen LogP contribution in [-0.2, 0) is 4.74 Å². The van der Waals surface area contributed by atoms with Gasteiger partial charge in [-0.15, -0.1) is 0 Å². The zero-order chi connectivity index (χ0) is 12.3. The predicted octanol–water partition coefficient (Wildman–Crippen LogP) is 3.07. The van der Waals surface area contributed by atoms with Crippen molar-refractivity contribution < 1.29 is 4.74 Å². The zero-order valence-corrected chi connectivity index (χ0v) is 11.7. The Morgan fingerprint density at radius 3 is 2.35 bits per heavy atom. The Labute approximate surface area is 107 Å². The lowest BCUT2D eigenvalue weighted by molar-refractivity contribution is 0.125. The topological polar surface area (TPSA) is 21.3 Å². The summed E-state index contributed by atoms with van der Waals surface area (Å²) >= 11 is 0. The summed E-state index contributed by atoms with van der Waals surface area (Å²) < 4.78 is 5.59. The summed E-state index contributed by atoms with van der Waals surface area (Å²) in [6, 6.07) is 0.702. The van der Waals surface area contributed by atoms with Crippen LogP contribution >= 0.6 is 0 Å². The molecule has 2 heteroatoms. The Bertz CT molecular complexity index is 215. The summed E-state index contributed by atoms with van der Waals surface area (Å²) in [4.78, 5) is 0. The molecule has 0 spiro atoms. The Hall–Kier alpha value is -0.0800. The predicted molar refractivity (Wildman–Crippen MR) is 72.1 cm³/mol. The SMILES string of the molecule is CCNC(C1CCOC1)C1CC(C)CC(C)C1. The average Bonchev–Trinajstić information content (AvgIpc) is 2.77. The zero-order valence-electron chi connectivity index (χ0n) is 11.7. The van der Waals surface area contributed by atoms with Gasteiger partial charge in [0.05, 0.1) is 6.61 Å². The van der Waals surface area contributed by atoms with E-state index in [1.54, 1.807) is 0 Å². The molecule has 2 fully saturated rings. The van der Waals surface area contributed by atoms with E-state index in [0.29, 0.717) is 6.04 Å². The summed E-state index contributed by atoms with van der Waals surface area (Å²) in [5.74, 6) is 3.46. The van der Waals surface area contributed by atoms with E-state index >= 15 is 0 Å². The van der Waals surface area contributed by atoms with Crippen molar-refractivity contribution in [2.45, 2.75) is 52.5 Å². The second kappa shape index (κ2) is 6.19. The molecule has 4 atom stereocenters. The van der Waals surface area contributed by atoms with Crippen LogP contribution in [0.4, 0.5) is 0 Å². The monoisotopic (exact) mass is 239 g/mol. The van der Waals surface area contributed by atoms with E-state index < -0.39 is 0 Å². The molecule has 1 saturated heterocycles. The fraction of sp³-hybridized carbons (Fsp3) is 1.00. The summed E-state index contributed by atoms with van der Waals surface area (Å²) in [5, 5.41) is 3.76. The molecule has 0 aromatic rings. The second-order valence-electron chi connectivity index (χ2n) is 6.38. The molecule has 1 N–H and O–H groups in total. The van der Waals surface area contributed by atoms with Gasteiger partial charge in [-0.05, 0) is 50.0 Å². The molecule has 17 heavy (non-hydrogen) atoms. The van der Waals surface area contributed by atoms with E-state index in [1.165, 1.54) is 25.7 Å². The Kier molecular flexibility index (Phi) is 4.87. The first-order valence-corrected chi connectivity index (χ1v) is 7.51. The van der Waals surface area contributed by atoms with E-state index in [9.17, 15) is 0 Å². The minimum absolute atomic E-state index is 0.702. The van der Waals surface area contributed by atoms with Gasteiger partial charge in [0.15, 0.2) is 0 Å². The molecule has 1 saturated carbocycles. The molecule has 2 nitrogen and oxygen atoms in total. The first kappa shape index (κ1) is 13.4. The molecule has 1 aliphatic heterocycles. The van der Waals surface area contributed by atoms with Crippen LogP contribution in [0.3, 0.4) is 0 Å². The molecule has 0 aromatic heterocycles. The van der Waals surface area contributed by atoms with Crippen molar-refractivity contribution >= 4 is 0 Å². The van der Waals surface area contributed by atoms with Crippen molar-refractivity contribution in [1.29, 1.82) is 0 Å². The van der Waals surface area contributed by atoms with E-state index in [1.807, 2.05) is 0 Å². The number of nitrogens with one attached hydrogen (secondary N) is 1. The van der Waals surface area contributed by atoms with Gasteiger partial charge in [-0.2, -0.15) is 0 Å². The van der Waals surface area contributed by atoms with Gasteiger partial charge in [-0.1, -0.05) is 20.8 Å². The van der Waals surface area contributed by atoms with E-state index in [4.69, 9.17) is 4.74 Å². The van der Waals surface area contributed by atoms with Gasteiger partial charge >= 0.3 is 0 Å². The smallest absolute Gasteiger partial charge is 0.0510 e. The van der Waals surface area contributed by atoms with Gasteiger partial charge in [0, 0.05) is 18.6 Å². The van der Waals surface area contributed by atoms with Crippen LogP contribution in [0.25, 0.3) is 0 Å². The molecular weight excluding hydrogens is 210 g/mol. The lowest BCUT2D eigenvalue weighted by Gasteiger charge is -2.39. The largest absolute Gasteiger partial charge is 0.381 e. The van der Waals surface area contributed by atoms with Crippen LogP contribution in [0.1, 0.15) is 46.5 Å². The quantitative estimate of drug-likeness (QED) is 0.814. The first-order valence-electron chi connectivity index (χ1n) is 7.51.